The van der Waals surface area contributed by atoms with Crippen molar-refractivity contribution < 1.29 is 5.76 Å². The Morgan fingerprint density at radius 3 is 3.00 bits per heavy atom. The van der Waals surface area contributed by atoms with Crippen molar-refractivity contribution in [3.63, 3.8) is 0 Å². The highest BCUT2D eigenvalue weighted by Crippen LogP contribution is 2.09. The van der Waals surface area contributed by atoms with Crippen molar-refractivity contribution in [2.24, 2.45) is 0 Å². The zero-order valence-electron chi connectivity index (χ0n) is 5.70. The summed E-state index contributed by atoms with van der Waals surface area (Å²) >= 11 is 3.13. The molecular weight excluding hydrogens is 183 g/mol. The van der Waals surface area contributed by atoms with Crippen LogP contribution >= 0.6 is 15.9 Å². The van der Waals surface area contributed by atoms with Crippen molar-refractivity contribution in [2.45, 2.75) is 5.33 Å². The lowest BCUT2D eigenvalue weighted by atomic mass is 10.2. The van der Waals surface area contributed by atoms with Gasteiger partial charge < -0.3 is 0 Å². The summed E-state index contributed by atoms with van der Waals surface area (Å²) in [5.74, 6) is -0.315. The van der Waals surface area contributed by atoms with Crippen molar-refractivity contribution in [1.29, 1.82) is 0 Å². The summed E-state index contributed by atoms with van der Waals surface area (Å²) < 4.78 is 19.8. The van der Waals surface area contributed by atoms with Crippen molar-refractivity contribution in [1.82, 2.24) is 0 Å². The first-order valence-corrected chi connectivity index (χ1v) is 3.67. The topological polar surface area (TPSA) is 0 Å². The predicted octanol–water partition coefficient (Wildman–Crippen LogP) is 2.72. The number of hydrogen-bond acceptors (Lipinski definition) is 0. The summed E-state index contributed by atoms with van der Waals surface area (Å²) in [7, 11) is 0. The van der Waals surface area contributed by atoms with Crippen LogP contribution in [0, 0.1) is 5.82 Å². The molecule has 0 amide bonds. The van der Waals surface area contributed by atoms with Gasteiger partial charge in [0.2, 0.25) is 0 Å². The molecule has 48 valence electrons. The molecule has 0 aromatic heterocycles. The van der Waals surface area contributed by atoms with Crippen molar-refractivity contribution in [3.8, 4) is 0 Å². The summed E-state index contributed by atoms with van der Waals surface area (Å²) in [6, 6.07) is 4.59. The number of halogens is 2. The van der Waals surface area contributed by atoms with Crippen LogP contribution < -0.4 is 0 Å². The van der Waals surface area contributed by atoms with Crippen LogP contribution in [0.15, 0.2) is 24.2 Å². The van der Waals surface area contributed by atoms with Gasteiger partial charge in [0.05, 0.1) is 1.37 Å². The van der Waals surface area contributed by atoms with Gasteiger partial charge in [-0.05, 0) is 11.6 Å². The molecule has 0 saturated heterocycles. The van der Waals surface area contributed by atoms with E-state index in [9.17, 15) is 4.39 Å². The van der Waals surface area contributed by atoms with Gasteiger partial charge in [-0.15, -0.1) is 0 Å². The average Bonchev–Trinajstić information content (AvgIpc) is 1.88. The van der Waals surface area contributed by atoms with E-state index in [1.165, 1.54) is 6.07 Å². The monoisotopic (exact) mass is 189 g/mol. The van der Waals surface area contributed by atoms with E-state index in [4.69, 9.17) is 1.37 Å². The minimum Gasteiger partial charge on any atom is -0.207 e. The molecular formula is C7H6BrF. The Balaban J connectivity index is 3.07. The number of rotatable bonds is 1. The van der Waals surface area contributed by atoms with Crippen LogP contribution in [0.4, 0.5) is 4.39 Å². The average molecular weight is 190 g/mol. The fraction of sp³-hybridized carbons (Fsp3) is 0.143. The van der Waals surface area contributed by atoms with Gasteiger partial charge in [-0.1, -0.05) is 34.1 Å². The van der Waals surface area contributed by atoms with Crippen molar-refractivity contribution in [2.75, 3.05) is 0 Å². The largest absolute Gasteiger partial charge is 0.207 e. The van der Waals surface area contributed by atoms with Crippen LogP contribution in [0.2, 0.25) is 0 Å². The van der Waals surface area contributed by atoms with E-state index in [0.717, 1.165) is 0 Å². The minimum atomic E-state index is -0.315. The third-order valence-electron chi connectivity index (χ3n) is 1.04. The molecule has 1 rings (SSSR count). The molecule has 0 aliphatic rings. The highest BCUT2D eigenvalue weighted by atomic mass is 79.9. The molecule has 0 nitrogen and oxygen atoms in total. The summed E-state index contributed by atoms with van der Waals surface area (Å²) in [6.07, 6.45) is 0. The zero-order chi connectivity index (χ0) is 7.56. The van der Waals surface area contributed by atoms with E-state index in [1.54, 1.807) is 12.1 Å². The van der Waals surface area contributed by atoms with Gasteiger partial charge >= 0.3 is 0 Å². The number of alkyl halides is 1. The third kappa shape index (κ3) is 1.52. The highest BCUT2D eigenvalue weighted by Gasteiger charge is 1.94. The van der Waals surface area contributed by atoms with Crippen LogP contribution in [-0.2, 0) is 5.33 Å². The van der Waals surface area contributed by atoms with Crippen LogP contribution in [0.3, 0.4) is 0 Å². The van der Waals surface area contributed by atoms with Gasteiger partial charge in [0, 0.05) is 5.33 Å². The zero-order valence-corrected chi connectivity index (χ0v) is 6.28. The molecule has 0 saturated carbocycles. The maximum Gasteiger partial charge on any atom is 0.127 e. The highest BCUT2D eigenvalue weighted by molar-refractivity contribution is 9.08. The Morgan fingerprint density at radius 2 is 2.44 bits per heavy atom. The van der Waals surface area contributed by atoms with Crippen molar-refractivity contribution in [3.05, 3.63) is 35.6 Å². The molecule has 0 aliphatic carbocycles. The molecule has 2 heteroatoms. The molecule has 1 aromatic rings. The Labute approximate surface area is 63.2 Å². The van der Waals surface area contributed by atoms with Gasteiger partial charge in [-0.3, -0.25) is 0 Å². The van der Waals surface area contributed by atoms with E-state index in [2.05, 4.69) is 15.9 Å². The molecule has 0 aliphatic heterocycles. The molecule has 0 N–H and O–H groups in total. The Hall–Kier alpha value is -0.370. The van der Waals surface area contributed by atoms with Crippen molar-refractivity contribution >= 4 is 15.9 Å². The second-order valence-electron chi connectivity index (χ2n) is 1.65. The summed E-state index contributed by atoms with van der Waals surface area (Å²) in [6.45, 7) is 0. The molecule has 0 bridgehead atoms. The maximum absolute atomic E-state index is 12.7. The summed E-state index contributed by atoms with van der Waals surface area (Å²) in [4.78, 5) is 0. The van der Waals surface area contributed by atoms with Gasteiger partial charge in [0.25, 0.3) is 0 Å². The lowest BCUT2D eigenvalue weighted by molar-refractivity contribution is 0.618. The molecule has 9 heavy (non-hydrogen) atoms. The second kappa shape index (κ2) is 2.97. The Bertz CT molecular complexity index is 237. The molecule has 0 unspecified atom stereocenters. The number of benzene rings is 1. The number of hydrogen-bond donors (Lipinski definition) is 0. The molecule has 0 spiro atoms. The normalized spacial score (nSPS) is 11.1. The van der Waals surface area contributed by atoms with E-state index >= 15 is 0 Å². The first-order chi connectivity index (χ1) is 4.74. The Morgan fingerprint density at radius 1 is 1.67 bits per heavy atom. The molecule has 0 heterocycles. The smallest absolute Gasteiger partial charge is 0.127 e. The summed E-state index contributed by atoms with van der Waals surface area (Å²) in [5.41, 5.74) is 0.594. The fourth-order valence-electron chi connectivity index (χ4n) is 0.551. The molecule has 0 fully saturated rings. The Kier molecular flexibility index (Phi) is 1.79. The first-order valence-electron chi connectivity index (χ1n) is 3.05. The quantitative estimate of drug-likeness (QED) is 0.597. The van der Waals surface area contributed by atoms with E-state index < -0.39 is 0 Å². The lowest BCUT2D eigenvalue weighted by Crippen LogP contribution is -1.81. The maximum atomic E-state index is 12.7. The van der Waals surface area contributed by atoms with E-state index in [-0.39, 0.29) is 11.9 Å². The van der Waals surface area contributed by atoms with Crippen LogP contribution in [0.25, 0.3) is 0 Å². The SMILES string of the molecule is [2H]c1ccc(CBr)c(F)c1. The minimum absolute atomic E-state index is 0.210. The van der Waals surface area contributed by atoms with Crippen LogP contribution in [0.1, 0.15) is 6.93 Å². The fourth-order valence-corrected chi connectivity index (χ4v) is 1.01. The van der Waals surface area contributed by atoms with Crippen LogP contribution in [0.5, 0.6) is 0 Å². The van der Waals surface area contributed by atoms with Gasteiger partial charge in [0.15, 0.2) is 0 Å². The lowest BCUT2D eigenvalue weighted by Gasteiger charge is -1.93. The molecule has 1 aromatic carbocycles. The van der Waals surface area contributed by atoms with Crippen LogP contribution in [-0.4, -0.2) is 0 Å². The predicted molar refractivity (Wildman–Crippen MR) is 39.0 cm³/mol. The summed E-state index contributed by atoms with van der Waals surface area (Å²) in [5, 5.41) is 0.499. The molecule has 0 radical (unpaired) electrons. The second-order valence-corrected chi connectivity index (χ2v) is 2.21. The van der Waals surface area contributed by atoms with E-state index in [1.807, 2.05) is 0 Å². The van der Waals surface area contributed by atoms with Gasteiger partial charge in [0.1, 0.15) is 5.82 Å². The van der Waals surface area contributed by atoms with E-state index in [0.29, 0.717) is 10.9 Å². The van der Waals surface area contributed by atoms with Gasteiger partial charge in [-0.2, -0.15) is 0 Å². The first kappa shape index (κ1) is 5.42. The van der Waals surface area contributed by atoms with Gasteiger partial charge in [-0.25, -0.2) is 4.39 Å². The third-order valence-corrected chi connectivity index (χ3v) is 1.65. The molecule has 0 atom stereocenters. The standard InChI is InChI=1S/C7H6BrF/c8-5-6-3-1-2-4-7(6)9/h1-4H,5H2/i2D.